The van der Waals surface area contributed by atoms with Gasteiger partial charge in [0.25, 0.3) is 0 Å². The highest BCUT2D eigenvalue weighted by molar-refractivity contribution is 7.21. The largest absolute Gasteiger partial charge is 0.247 e. The number of pyridine rings is 1. The van der Waals surface area contributed by atoms with Crippen LogP contribution in [0.3, 0.4) is 0 Å². The van der Waals surface area contributed by atoms with E-state index in [0.717, 1.165) is 71.2 Å². The Hall–Kier alpha value is -4.52. The van der Waals surface area contributed by atoms with E-state index in [1.54, 1.807) is 11.3 Å². The lowest BCUT2D eigenvalue weighted by Crippen LogP contribution is -1.92. The van der Waals surface area contributed by atoms with E-state index in [4.69, 9.17) is 18.7 Å². The lowest BCUT2D eigenvalue weighted by molar-refractivity contribution is 1.43. The Morgan fingerprint density at radius 2 is 1.24 bits per heavy atom. The van der Waals surface area contributed by atoms with Gasteiger partial charge >= 0.3 is 0 Å². The summed E-state index contributed by atoms with van der Waals surface area (Å²) in [5.41, 5.74) is 9.16. The third-order valence-corrected chi connectivity index (χ3v) is 8.60. The molecule has 0 aliphatic carbocycles. The van der Waals surface area contributed by atoms with Gasteiger partial charge < -0.3 is 0 Å². The van der Waals surface area contributed by atoms with E-state index in [9.17, 15) is 0 Å². The number of thiazole rings is 1. The van der Waals surface area contributed by atoms with Gasteiger partial charge in [0, 0.05) is 32.8 Å². The van der Waals surface area contributed by atoms with Gasteiger partial charge in [0.1, 0.15) is 16.0 Å². The normalized spacial score (nSPS) is 11.7. The van der Waals surface area contributed by atoms with E-state index < -0.39 is 0 Å². The second-order valence-corrected chi connectivity index (χ2v) is 10.8. The fraction of sp³-hybridized carbons (Fsp3) is 0. The molecule has 0 fully saturated rings. The molecule has 8 aromatic rings. The van der Waals surface area contributed by atoms with Gasteiger partial charge in [-0.3, -0.25) is 0 Å². The van der Waals surface area contributed by atoms with Crippen LogP contribution in [0.1, 0.15) is 0 Å². The number of para-hydroxylation sites is 2. The van der Waals surface area contributed by atoms with Gasteiger partial charge in [-0.1, -0.05) is 84.9 Å². The van der Waals surface area contributed by atoms with Crippen LogP contribution in [0, 0.1) is 0 Å². The number of rotatable bonds is 3. The van der Waals surface area contributed by atoms with Crippen molar-refractivity contribution in [1.29, 1.82) is 0 Å². The van der Waals surface area contributed by atoms with E-state index in [-0.39, 0.29) is 0 Å². The lowest BCUT2D eigenvalue weighted by atomic mass is 9.94. The molecule has 0 bridgehead atoms. The molecule has 5 aromatic carbocycles. The van der Waals surface area contributed by atoms with Gasteiger partial charge in [-0.25, -0.2) is 9.97 Å². The molecule has 8 rings (SSSR count). The van der Waals surface area contributed by atoms with Crippen molar-refractivity contribution in [2.45, 2.75) is 0 Å². The number of aromatic nitrogens is 4. The highest BCUT2D eigenvalue weighted by Gasteiger charge is 2.19. The number of benzene rings is 5. The molecule has 0 saturated carbocycles. The highest BCUT2D eigenvalue weighted by Crippen LogP contribution is 2.41. The summed E-state index contributed by atoms with van der Waals surface area (Å²) in [6, 6.07) is 37.8. The smallest absolute Gasteiger partial charge is 0.124 e. The second-order valence-electron chi connectivity index (χ2n) is 9.22. The molecule has 178 valence electrons. The van der Waals surface area contributed by atoms with Gasteiger partial charge in [-0.2, -0.15) is 8.75 Å². The van der Waals surface area contributed by atoms with E-state index >= 15 is 0 Å². The average Bonchev–Trinajstić information content (AvgIpc) is 3.65. The van der Waals surface area contributed by atoms with E-state index in [1.165, 1.54) is 16.4 Å². The second kappa shape index (κ2) is 8.52. The molecule has 0 radical (unpaired) electrons. The number of hydrogen-bond donors (Lipinski definition) is 0. The maximum absolute atomic E-state index is 5.12. The monoisotopic (exact) mass is 522 g/mol. The molecule has 0 aliphatic rings. The predicted molar refractivity (Wildman–Crippen MR) is 160 cm³/mol. The van der Waals surface area contributed by atoms with E-state index in [0.29, 0.717) is 0 Å². The maximum Gasteiger partial charge on any atom is 0.124 e. The molecule has 38 heavy (non-hydrogen) atoms. The molecule has 3 aromatic heterocycles. The Balaban J connectivity index is 1.37. The van der Waals surface area contributed by atoms with Crippen LogP contribution in [0.15, 0.2) is 109 Å². The van der Waals surface area contributed by atoms with Gasteiger partial charge in [0.15, 0.2) is 0 Å². The first-order valence-electron chi connectivity index (χ1n) is 12.3. The van der Waals surface area contributed by atoms with Crippen molar-refractivity contribution in [2.75, 3.05) is 0 Å². The van der Waals surface area contributed by atoms with Crippen molar-refractivity contribution in [2.24, 2.45) is 0 Å². The number of nitrogens with zero attached hydrogens (tertiary/aromatic N) is 4. The van der Waals surface area contributed by atoms with Crippen LogP contribution in [0.5, 0.6) is 0 Å². The Morgan fingerprint density at radius 3 is 2.08 bits per heavy atom. The molecule has 0 amide bonds. The summed E-state index contributed by atoms with van der Waals surface area (Å²) in [5, 5.41) is 4.31. The molecular formula is C32H18N4S2. The minimum Gasteiger partial charge on any atom is -0.247 e. The van der Waals surface area contributed by atoms with Crippen LogP contribution >= 0.6 is 23.1 Å². The summed E-state index contributed by atoms with van der Waals surface area (Å²) in [4.78, 5) is 9.95. The molecule has 6 heteroatoms. The van der Waals surface area contributed by atoms with E-state index in [1.807, 2.05) is 18.2 Å². The fourth-order valence-electron chi connectivity index (χ4n) is 5.19. The van der Waals surface area contributed by atoms with Crippen molar-refractivity contribution in [1.82, 2.24) is 18.7 Å². The van der Waals surface area contributed by atoms with E-state index in [2.05, 4.69) is 91.0 Å². The molecule has 0 aliphatic heterocycles. The van der Waals surface area contributed by atoms with Crippen LogP contribution in [0.4, 0.5) is 0 Å². The minimum atomic E-state index is 0.922. The molecule has 0 saturated heterocycles. The Kier molecular flexibility index (Phi) is 4.83. The fourth-order valence-corrected chi connectivity index (χ4v) is 6.73. The third kappa shape index (κ3) is 3.35. The molecule has 3 heterocycles. The zero-order valence-electron chi connectivity index (χ0n) is 20.0. The van der Waals surface area contributed by atoms with Crippen molar-refractivity contribution in [3.05, 3.63) is 109 Å². The Morgan fingerprint density at radius 1 is 0.526 bits per heavy atom. The Bertz CT molecular complexity index is 2090. The average molecular weight is 523 g/mol. The van der Waals surface area contributed by atoms with Crippen LogP contribution < -0.4 is 0 Å². The van der Waals surface area contributed by atoms with Crippen molar-refractivity contribution < 1.29 is 0 Å². The molecular weight excluding hydrogens is 505 g/mol. The standard InChI is InChI=1S/C32H18N4S2/c1-2-8-20(9-3-1)29-24-18-23(30-31(36-38-35-30)28(24)22-10-4-5-11-25(22)33-29)19-14-16-21(17-15-19)32-34-26-12-6-7-13-27(26)37-32/h1-18H. The van der Waals surface area contributed by atoms with Gasteiger partial charge in [0.2, 0.25) is 0 Å². The van der Waals surface area contributed by atoms with Crippen LogP contribution in [-0.4, -0.2) is 18.7 Å². The first-order valence-corrected chi connectivity index (χ1v) is 13.9. The van der Waals surface area contributed by atoms with Gasteiger partial charge in [0.05, 0.1) is 33.2 Å². The molecule has 0 unspecified atom stereocenters. The quantitative estimate of drug-likeness (QED) is 0.217. The summed E-state index contributed by atoms with van der Waals surface area (Å²) < 4.78 is 10.8. The summed E-state index contributed by atoms with van der Waals surface area (Å²) in [6.45, 7) is 0. The zero-order valence-corrected chi connectivity index (χ0v) is 21.6. The molecule has 0 spiro atoms. The summed E-state index contributed by atoms with van der Waals surface area (Å²) in [5.74, 6) is 0. The summed E-state index contributed by atoms with van der Waals surface area (Å²) in [6.07, 6.45) is 0. The molecule has 0 N–H and O–H groups in total. The maximum atomic E-state index is 5.12. The molecule has 0 atom stereocenters. The Labute approximate surface area is 226 Å². The SMILES string of the molecule is c1ccc(-c2nc3ccccc3c3c2cc(-c2ccc(-c4nc5ccccc5s4)cc2)c2nsnc23)cc1. The lowest BCUT2D eigenvalue weighted by Gasteiger charge is -2.13. The van der Waals surface area contributed by atoms with Crippen molar-refractivity contribution >= 4 is 66.0 Å². The van der Waals surface area contributed by atoms with Gasteiger partial charge in [-0.15, -0.1) is 11.3 Å². The van der Waals surface area contributed by atoms with Crippen LogP contribution in [0.2, 0.25) is 0 Å². The van der Waals surface area contributed by atoms with Crippen LogP contribution in [-0.2, 0) is 0 Å². The highest BCUT2D eigenvalue weighted by atomic mass is 32.1. The first kappa shape index (κ1) is 21.6. The number of fused-ring (bicyclic) bond motifs is 6. The van der Waals surface area contributed by atoms with Crippen LogP contribution in [0.25, 0.3) is 75.9 Å². The number of hydrogen-bond acceptors (Lipinski definition) is 6. The van der Waals surface area contributed by atoms with Crippen molar-refractivity contribution in [3.63, 3.8) is 0 Å². The minimum absolute atomic E-state index is 0.922. The van der Waals surface area contributed by atoms with Crippen molar-refractivity contribution in [3.8, 4) is 33.0 Å². The molecule has 4 nitrogen and oxygen atoms in total. The third-order valence-electron chi connectivity index (χ3n) is 6.98. The summed E-state index contributed by atoms with van der Waals surface area (Å²) >= 11 is 2.98. The van der Waals surface area contributed by atoms with Gasteiger partial charge in [-0.05, 0) is 29.8 Å². The topological polar surface area (TPSA) is 51.6 Å². The predicted octanol–water partition coefficient (Wildman–Crippen LogP) is 9.00. The first-order chi connectivity index (χ1) is 18.8. The summed E-state index contributed by atoms with van der Waals surface area (Å²) in [7, 11) is 0. The zero-order chi connectivity index (χ0) is 25.1.